The Morgan fingerprint density at radius 1 is 1.50 bits per heavy atom. The lowest BCUT2D eigenvalue weighted by Gasteiger charge is -2.20. The van der Waals surface area contributed by atoms with Crippen LogP contribution in [0.15, 0.2) is 23.1 Å². The lowest BCUT2D eigenvalue weighted by atomic mass is 10.1. The van der Waals surface area contributed by atoms with E-state index in [9.17, 15) is 8.42 Å². The van der Waals surface area contributed by atoms with Gasteiger partial charge in [-0.15, -0.1) is 0 Å². The maximum absolute atomic E-state index is 12.4. The van der Waals surface area contributed by atoms with Crippen LogP contribution in [0.5, 0.6) is 0 Å². The Labute approximate surface area is 120 Å². The predicted octanol–water partition coefficient (Wildman–Crippen LogP) is 1.33. The third-order valence-electron chi connectivity index (χ3n) is 3.59. The average molecular weight is 299 g/mol. The van der Waals surface area contributed by atoms with Crippen molar-refractivity contribution in [2.45, 2.75) is 50.3 Å². The number of sulfonamides is 1. The standard InChI is InChI=1S/C14H21NO4S/c1-10-5-6-12(9-16)8-14(10)20(17,18)15-11(2)13-4-3-7-19-13/h5-6,8,11,13,15-16H,3-4,7,9H2,1-2H3. The number of benzene rings is 1. The summed E-state index contributed by atoms with van der Waals surface area (Å²) in [6.07, 6.45) is 1.78. The molecule has 1 aromatic rings. The van der Waals surface area contributed by atoms with Gasteiger partial charge in [0.1, 0.15) is 0 Å². The maximum atomic E-state index is 12.4. The SMILES string of the molecule is Cc1ccc(CO)cc1S(=O)(=O)NC(C)C1CCCO1. The van der Waals surface area contributed by atoms with E-state index in [2.05, 4.69) is 4.72 Å². The summed E-state index contributed by atoms with van der Waals surface area (Å²) in [7, 11) is -3.60. The fraction of sp³-hybridized carbons (Fsp3) is 0.571. The second kappa shape index (κ2) is 6.22. The van der Waals surface area contributed by atoms with Gasteiger partial charge in [-0.05, 0) is 43.9 Å². The molecule has 0 amide bonds. The average Bonchev–Trinajstić information content (AvgIpc) is 2.92. The Kier molecular flexibility index (Phi) is 4.80. The van der Waals surface area contributed by atoms with Gasteiger partial charge in [0.2, 0.25) is 10.0 Å². The van der Waals surface area contributed by atoms with Gasteiger partial charge in [-0.1, -0.05) is 12.1 Å². The maximum Gasteiger partial charge on any atom is 0.241 e. The van der Waals surface area contributed by atoms with Crippen LogP contribution in [0.1, 0.15) is 30.9 Å². The van der Waals surface area contributed by atoms with E-state index in [1.54, 1.807) is 19.1 Å². The fourth-order valence-corrected chi connectivity index (χ4v) is 3.98. The molecule has 0 radical (unpaired) electrons. The van der Waals surface area contributed by atoms with E-state index < -0.39 is 10.0 Å². The van der Waals surface area contributed by atoms with Crippen molar-refractivity contribution in [1.29, 1.82) is 0 Å². The van der Waals surface area contributed by atoms with Gasteiger partial charge < -0.3 is 9.84 Å². The van der Waals surface area contributed by atoms with E-state index >= 15 is 0 Å². The van der Waals surface area contributed by atoms with Gasteiger partial charge in [-0.25, -0.2) is 13.1 Å². The Hall–Kier alpha value is -0.950. The molecule has 0 spiro atoms. The van der Waals surface area contributed by atoms with Crippen LogP contribution in [-0.2, 0) is 21.4 Å². The summed E-state index contributed by atoms with van der Waals surface area (Å²) >= 11 is 0. The molecular weight excluding hydrogens is 278 g/mol. The summed E-state index contributed by atoms with van der Waals surface area (Å²) in [6, 6.07) is 4.67. The molecule has 1 aliphatic heterocycles. The van der Waals surface area contributed by atoms with E-state index in [1.165, 1.54) is 6.07 Å². The van der Waals surface area contributed by atoms with E-state index in [0.717, 1.165) is 12.8 Å². The van der Waals surface area contributed by atoms with Crippen LogP contribution in [0.4, 0.5) is 0 Å². The van der Waals surface area contributed by atoms with Crippen molar-refractivity contribution in [1.82, 2.24) is 4.72 Å². The molecule has 2 unspecified atom stereocenters. The van der Waals surface area contributed by atoms with Crippen LogP contribution in [-0.4, -0.2) is 32.3 Å². The van der Waals surface area contributed by atoms with Crippen LogP contribution in [0.3, 0.4) is 0 Å². The Morgan fingerprint density at radius 2 is 2.25 bits per heavy atom. The minimum Gasteiger partial charge on any atom is -0.392 e. The molecule has 112 valence electrons. The molecule has 2 atom stereocenters. The third-order valence-corrected chi connectivity index (χ3v) is 5.29. The van der Waals surface area contributed by atoms with Gasteiger partial charge in [0.15, 0.2) is 0 Å². The molecule has 6 heteroatoms. The van der Waals surface area contributed by atoms with Crippen molar-refractivity contribution >= 4 is 10.0 Å². The van der Waals surface area contributed by atoms with Gasteiger partial charge in [0.25, 0.3) is 0 Å². The Morgan fingerprint density at radius 3 is 2.85 bits per heavy atom. The first-order valence-electron chi connectivity index (χ1n) is 6.78. The van der Waals surface area contributed by atoms with Crippen LogP contribution in [0.25, 0.3) is 0 Å². The molecule has 1 aromatic carbocycles. The molecule has 2 N–H and O–H groups in total. The van der Waals surface area contributed by atoms with Crippen LogP contribution in [0, 0.1) is 6.92 Å². The van der Waals surface area contributed by atoms with Crippen LogP contribution in [0.2, 0.25) is 0 Å². The number of aliphatic hydroxyl groups excluding tert-OH is 1. The molecule has 1 aliphatic rings. The van der Waals surface area contributed by atoms with E-state index in [0.29, 0.717) is 17.7 Å². The summed E-state index contributed by atoms with van der Waals surface area (Å²) in [5.41, 5.74) is 1.25. The predicted molar refractivity (Wildman–Crippen MR) is 75.9 cm³/mol. The molecule has 1 fully saturated rings. The largest absolute Gasteiger partial charge is 0.392 e. The van der Waals surface area contributed by atoms with E-state index in [4.69, 9.17) is 9.84 Å². The zero-order valence-electron chi connectivity index (χ0n) is 11.8. The van der Waals surface area contributed by atoms with Crippen molar-refractivity contribution in [2.75, 3.05) is 6.61 Å². The van der Waals surface area contributed by atoms with Gasteiger partial charge in [-0.3, -0.25) is 0 Å². The molecule has 5 nitrogen and oxygen atoms in total. The van der Waals surface area contributed by atoms with Gasteiger partial charge in [0.05, 0.1) is 17.6 Å². The lowest BCUT2D eigenvalue weighted by Crippen LogP contribution is -2.41. The third kappa shape index (κ3) is 3.38. The summed E-state index contributed by atoms with van der Waals surface area (Å²) in [4.78, 5) is 0.217. The minimum atomic E-state index is -3.60. The number of hydrogen-bond acceptors (Lipinski definition) is 4. The highest BCUT2D eigenvalue weighted by Crippen LogP contribution is 2.20. The normalized spacial score (nSPS) is 21.1. The lowest BCUT2D eigenvalue weighted by molar-refractivity contribution is 0.0902. The number of aliphatic hydroxyl groups is 1. The molecule has 20 heavy (non-hydrogen) atoms. The molecule has 1 heterocycles. The minimum absolute atomic E-state index is 0.0638. The van der Waals surface area contributed by atoms with Crippen molar-refractivity contribution < 1.29 is 18.3 Å². The summed E-state index contributed by atoms with van der Waals surface area (Å²) < 4.78 is 33.1. The highest BCUT2D eigenvalue weighted by atomic mass is 32.2. The zero-order valence-corrected chi connectivity index (χ0v) is 12.6. The molecule has 0 saturated carbocycles. The smallest absolute Gasteiger partial charge is 0.241 e. The number of aryl methyl sites for hydroxylation is 1. The summed E-state index contributed by atoms with van der Waals surface area (Å²) in [5, 5.41) is 9.14. The van der Waals surface area contributed by atoms with Crippen molar-refractivity contribution in [3.8, 4) is 0 Å². The fourth-order valence-electron chi connectivity index (χ4n) is 2.41. The highest BCUT2D eigenvalue weighted by molar-refractivity contribution is 7.89. The molecular formula is C14H21NO4S. The topological polar surface area (TPSA) is 75.6 Å². The van der Waals surface area contributed by atoms with Crippen LogP contribution < -0.4 is 4.72 Å². The van der Waals surface area contributed by atoms with Gasteiger partial charge in [-0.2, -0.15) is 0 Å². The first-order valence-corrected chi connectivity index (χ1v) is 8.26. The molecule has 1 saturated heterocycles. The zero-order chi connectivity index (χ0) is 14.8. The second-order valence-corrected chi connectivity index (χ2v) is 6.90. The van der Waals surface area contributed by atoms with Gasteiger partial charge >= 0.3 is 0 Å². The van der Waals surface area contributed by atoms with Crippen LogP contribution >= 0.6 is 0 Å². The van der Waals surface area contributed by atoms with Crippen molar-refractivity contribution in [2.24, 2.45) is 0 Å². The van der Waals surface area contributed by atoms with Crippen molar-refractivity contribution in [3.63, 3.8) is 0 Å². The van der Waals surface area contributed by atoms with Gasteiger partial charge in [0, 0.05) is 12.6 Å². The summed E-state index contributed by atoms with van der Waals surface area (Å²) in [5.74, 6) is 0. The molecule has 0 aliphatic carbocycles. The quantitative estimate of drug-likeness (QED) is 0.860. The highest BCUT2D eigenvalue weighted by Gasteiger charge is 2.27. The first-order chi connectivity index (χ1) is 9.44. The van der Waals surface area contributed by atoms with Crippen molar-refractivity contribution in [3.05, 3.63) is 29.3 Å². The number of hydrogen-bond donors (Lipinski definition) is 2. The van der Waals surface area contributed by atoms with E-state index in [-0.39, 0.29) is 23.6 Å². The number of ether oxygens (including phenoxy) is 1. The Balaban J connectivity index is 2.21. The second-order valence-electron chi connectivity index (χ2n) is 5.22. The monoisotopic (exact) mass is 299 g/mol. The molecule has 0 aromatic heterocycles. The summed E-state index contributed by atoms with van der Waals surface area (Å²) in [6.45, 7) is 4.07. The first kappa shape index (κ1) is 15.4. The van der Waals surface area contributed by atoms with E-state index in [1.807, 2.05) is 6.92 Å². The number of nitrogens with one attached hydrogen (secondary N) is 1. The number of rotatable bonds is 5. The Bertz CT molecular complexity index is 565. The molecule has 0 bridgehead atoms. The molecule has 2 rings (SSSR count).